The summed E-state index contributed by atoms with van der Waals surface area (Å²) in [6.45, 7) is 5.33. The number of alkyl halides is 3. The molecule has 4 aliphatic rings. The first kappa shape index (κ1) is 35.5. The van der Waals surface area contributed by atoms with Gasteiger partial charge in [0.2, 0.25) is 17.8 Å². The van der Waals surface area contributed by atoms with Gasteiger partial charge in [-0.25, -0.2) is 0 Å². The van der Waals surface area contributed by atoms with Crippen molar-refractivity contribution >= 4 is 41.2 Å². The minimum absolute atomic E-state index is 0.00252. The summed E-state index contributed by atoms with van der Waals surface area (Å²) in [4.78, 5) is 27.5. The first-order chi connectivity index (χ1) is 23.4. The predicted octanol–water partition coefficient (Wildman–Crippen LogP) is 6.86. The van der Waals surface area contributed by atoms with Gasteiger partial charge in [0.15, 0.2) is 6.61 Å². The zero-order chi connectivity index (χ0) is 34.9. The van der Waals surface area contributed by atoms with Crippen LogP contribution in [-0.2, 0) is 17.9 Å². The molecule has 260 valence electrons. The third kappa shape index (κ3) is 11.4. The number of nitrogens with zero attached hydrogens (tertiary/aromatic N) is 4. The lowest BCUT2D eigenvalue weighted by Gasteiger charge is -2.32. The minimum Gasteiger partial charge on any atom is -0.492 e. The van der Waals surface area contributed by atoms with Crippen LogP contribution in [0.5, 0.6) is 11.8 Å². The van der Waals surface area contributed by atoms with E-state index in [-0.39, 0.29) is 29.8 Å². The highest BCUT2D eigenvalue weighted by atomic mass is 35.5. The maximum Gasteiger partial charge on any atom is 0.422 e. The number of benzene rings is 2. The summed E-state index contributed by atoms with van der Waals surface area (Å²) in [5.74, 6) is 0.360. The summed E-state index contributed by atoms with van der Waals surface area (Å²) in [5.41, 5.74) is 2.88. The second-order valence-electron chi connectivity index (χ2n) is 12.2. The van der Waals surface area contributed by atoms with Gasteiger partial charge in [-0.1, -0.05) is 43.6 Å². The van der Waals surface area contributed by atoms with Crippen molar-refractivity contribution < 1.29 is 31.9 Å². The second kappa shape index (κ2) is 16.1. The summed E-state index contributed by atoms with van der Waals surface area (Å²) < 4.78 is 54.5. The largest absolute Gasteiger partial charge is 0.492 e. The number of hydrogen-bond donors (Lipinski definition) is 3. The molecule has 6 bridgehead atoms. The lowest BCUT2D eigenvalue weighted by molar-refractivity contribution is -0.154. The number of anilines is 3. The quantitative estimate of drug-likeness (QED) is 0.195. The molecule has 0 atom stereocenters. The van der Waals surface area contributed by atoms with Crippen LogP contribution in [0.4, 0.5) is 30.8 Å². The molecule has 0 unspecified atom stereocenters. The fraction of sp³-hybridized carbons (Fsp3) is 0.353. The number of rotatable bonds is 4. The van der Waals surface area contributed by atoms with Crippen LogP contribution in [0.2, 0.25) is 5.02 Å². The highest BCUT2D eigenvalue weighted by Crippen LogP contribution is 2.27. The number of hydrogen-bond acceptors (Lipinski definition) is 10. The van der Waals surface area contributed by atoms with Crippen molar-refractivity contribution in [2.75, 3.05) is 43.5 Å². The Morgan fingerprint density at radius 2 is 1.84 bits per heavy atom. The van der Waals surface area contributed by atoms with E-state index in [0.29, 0.717) is 55.7 Å². The molecule has 0 aliphatic carbocycles. The average molecular weight is 700 g/mol. The number of carbonyl (C=O) groups excluding carboxylic acids is 1. The molecule has 3 N–H and O–H groups in total. The van der Waals surface area contributed by atoms with Crippen LogP contribution in [0.25, 0.3) is 6.08 Å². The van der Waals surface area contributed by atoms with Crippen LogP contribution in [0.15, 0.2) is 71.6 Å². The van der Waals surface area contributed by atoms with Crippen LogP contribution >= 0.6 is 11.6 Å². The fourth-order valence-electron chi connectivity index (χ4n) is 4.96. The molecule has 6 heterocycles. The molecular weight excluding hydrogens is 663 g/mol. The number of carbonyl (C=O) groups is 1. The van der Waals surface area contributed by atoms with Crippen molar-refractivity contribution in [3.63, 3.8) is 0 Å². The van der Waals surface area contributed by atoms with Crippen molar-refractivity contribution in [1.82, 2.24) is 25.2 Å². The molecule has 0 radical (unpaired) electrons. The molecule has 2 aromatic heterocycles. The van der Waals surface area contributed by atoms with E-state index >= 15 is 0 Å². The third-order valence-electron chi connectivity index (χ3n) is 7.29. The molecule has 4 aromatic rings. The summed E-state index contributed by atoms with van der Waals surface area (Å²) in [6.07, 6.45) is 2.41. The third-order valence-corrected chi connectivity index (χ3v) is 7.59. The standard InChI is InChI=1S/C34H37ClF3N7O4/c1-33(2)20-39-17-23-4-8-26(9-5-23)41-31-42-30(43-32(44-31)49-22-34(36,37)38)40-18-25-6-10-28(27(35)16-25)48-14-3-13-45(21-33)29(46)11-7-24-12-15-47-19-24/h4-12,15-16,19,39H,3,13-14,17-18,20-22H2,1-2H3,(H2,40,41,42,43,44). The Morgan fingerprint density at radius 3 is 2.57 bits per heavy atom. The van der Waals surface area contributed by atoms with Crippen LogP contribution in [-0.4, -0.2) is 64.8 Å². The molecule has 0 saturated carbocycles. The van der Waals surface area contributed by atoms with Gasteiger partial charge in [-0.05, 0) is 59.4 Å². The molecule has 0 fully saturated rings. The maximum atomic E-state index is 13.3. The summed E-state index contributed by atoms with van der Waals surface area (Å²) in [7, 11) is 0. The Kier molecular flexibility index (Phi) is 11.6. The molecule has 0 saturated heterocycles. The van der Waals surface area contributed by atoms with Gasteiger partial charge in [0.05, 0.1) is 24.2 Å². The van der Waals surface area contributed by atoms with E-state index < -0.39 is 18.8 Å². The van der Waals surface area contributed by atoms with Gasteiger partial charge in [-0.2, -0.15) is 28.1 Å². The van der Waals surface area contributed by atoms with E-state index in [1.807, 2.05) is 29.2 Å². The molecule has 1 amide bonds. The monoisotopic (exact) mass is 699 g/mol. The van der Waals surface area contributed by atoms with Gasteiger partial charge < -0.3 is 34.7 Å². The number of halogens is 4. The number of amides is 1. The molecule has 2 aromatic carbocycles. The number of aromatic nitrogens is 3. The van der Waals surface area contributed by atoms with E-state index in [2.05, 4.69) is 44.7 Å². The Labute approximate surface area is 286 Å². The first-order valence-electron chi connectivity index (χ1n) is 15.6. The average Bonchev–Trinajstić information content (AvgIpc) is 3.58. The van der Waals surface area contributed by atoms with Gasteiger partial charge in [-0.3, -0.25) is 4.79 Å². The van der Waals surface area contributed by atoms with Gasteiger partial charge in [0.25, 0.3) is 0 Å². The number of nitrogens with one attached hydrogen (secondary N) is 3. The van der Waals surface area contributed by atoms with Crippen LogP contribution in [0.1, 0.15) is 37.0 Å². The van der Waals surface area contributed by atoms with Crippen LogP contribution in [0.3, 0.4) is 0 Å². The summed E-state index contributed by atoms with van der Waals surface area (Å²) in [5, 5.41) is 9.85. The normalized spacial score (nSPS) is 16.0. The second-order valence-corrected chi connectivity index (χ2v) is 12.6. The smallest absolute Gasteiger partial charge is 0.422 e. The lowest BCUT2D eigenvalue weighted by atomic mass is 9.92. The summed E-state index contributed by atoms with van der Waals surface area (Å²) in [6, 6.07) is 14.0. The van der Waals surface area contributed by atoms with E-state index in [9.17, 15) is 18.0 Å². The minimum atomic E-state index is -4.57. The highest BCUT2D eigenvalue weighted by molar-refractivity contribution is 6.32. The van der Waals surface area contributed by atoms with Gasteiger partial charge in [-0.15, -0.1) is 0 Å². The van der Waals surface area contributed by atoms with Gasteiger partial charge in [0, 0.05) is 50.1 Å². The Hall–Kier alpha value is -4.82. The topological polar surface area (TPSA) is 127 Å². The Balaban J connectivity index is 1.36. The zero-order valence-corrected chi connectivity index (χ0v) is 27.8. The van der Waals surface area contributed by atoms with E-state index in [1.54, 1.807) is 48.9 Å². The van der Waals surface area contributed by atoms with Crippen molar-refractivity contribution in [1.29, 1.82) is 0 Å². The van der Waals surface area contributed by atoms with E-state index in [1.165, 1.54) is 0 Å². The van der Waals surface area contributed by atoms with Crippen LogP contribution in [0, 0.1) is 5.41 Å². The molecule has 0 spiro atoms. The fourth-order valence-corrected chi connectivity index (χ4v) is 5.21. The molecule has 49 heavy (non-hydrogen) atoms. The molecular formula is C34H37ClF3N7O4. The van der Waals surface area contributed by atoms with Crippen molar-refractivity contribution in [3.8, 4) is 11.8 Å². The SMILES string of the molecule is CC1(C)CNCc2ccc(cc2)Nc2nc(nc(OCC(F)(F)F)n2)NCc2ccc(c(Cl)c2)OCCCN(C(=O)C=Cc2ccoc2)C1. The van der Waals surface area contributed by atoms with Crippen molar-refractivity contribution in [3.05, 3.63) is 88.8 Å². The van der Waals surface area contributed by atoms with Crippen molar-refractivity contribution in [2.24, 2.45) is 5.41 Å². The number of furan rings is 1. The molecule has 15 heteroatoms. The zero-order valence-electron chi connectivity index (χ0n) is 27.0. The summed E-state index contributed by atoms with van der Waals surface area (Å²) >= 11 is 6.53. The van der Waals surface area contributed by atoms with Crippen LogP contribution < -0.4 is 25.4 Å². The first-order valence-corrected chi connectivity index (χ1v) is 16.0. The molecule has 4 aliphatic heterocycles. The van der Waals surface area contributed by atoms with E-state index in [4.69, 9.17) is 25.5 Å². The Morgan fingerprint density at radius 1 is 1.06 bits per heavy atom. The highest BCUT2D eigenvalue weighted by Gasteiger charge is 2.29. The van der Waals surface area contributed by atoms with Gasteiger partial charge >= 0.3 is 12.2 Å². The van der Waals surface area contributed by atoms with Crippen molar-refractivity contribution in [2.45, 2.75) is 39.5 Å². The molecule has 8 rings (SSSR count). The van der Waals surface area contributed by atoms with Gasteiger partial charge in [0.1, 0.15) is 5.75 Å². The molecule has 11 nitrogen and oxygen atoms in total. The van der Waals surface area contributed by atoms with E-state index in [0.717, 1.165) is 16.7 Å². The maximum absolute atomic E-state index is 13.3. The lowest BCUT2D eigenvalue weighted by Crippen LogP contribution is -2.43. The Bertz CT molecular complexity index is 1720. The number of ether oxygens (including phenoxy) is 2. The predicted molar refractivity (Wildman–Crippen MR) is 180 cm³/mol.